The van der Waals surface area contributed by atoms with Crippen LogP contribution in [0.15, 0.2) is 0 Å². The molecule has 0 aliphatic carbocycles. The second-order valence-electron chi connectivity index (χ2n) is 4.91. The Morgan fingerprint density at radius 2 is 1.88 bits per heavy atom. The van der Waals surface area contributed by atoms with E-state index in [1.54, 1.807) is 0 Å². The smallest absolute Gasteiger partial charge is 0.304 e. The monoisotopic (exact) mass is 242 g/mol. The van der Waals surface area contributed by atoms with E-state index < -0.39 is 5.97 Å². The maximum absolute atomic E-state index is 10.5. The van der Waals surface area contributed by atoms with Gasteiger partial charge in [0, 0.05) is 13.1 Å². The number of likely N-dealkylation sites (tertiary alicyclic amines) is 1. The molecule has 0 atom stereocenters. The molecule has 0 aromatic carbocycles. The lowest BCUT2D eigenvalue weighted by molar-refractivity contribution is -0.137. The number of nitrogens with zero attached hydrogens (tertiary/aromatic N) is 2. The van der Waals surface area contributed by atoms with E-state index in [0.29, 0.717) is 6.54 Å². The quantitative estimate of drug-likeness (QED) is 0.735. The summed E-state index contributed by atoms with van der Waals surface area (Å²) in [5.74, 6) is 0.117. The molecule has 1 heterocycles. The van der Waals surface area contributed by atoms with Gasteiger partial charge in [0.25, 0.3) is 0 Å². The number of carbonyl (C=O) groups is 1. The molecular weight excluding hydrogens is 216 g/mol. The van der Waals surface area contributed by atoms with Crippen molar-refractivity contribution < 1.29 is 9.90 Å². The van der Waals surface area contributed by atoms with Crippen molar-refractivity contribution in [3.63, 3.8) is 0 Å². The molecule has 0 spiro atoms. The van der Waals surface area contributed by atoms with Gasteiger partial charge < -0.3 is 14.9 Å². The highest BCUT2D eigenvalue weighted by molar-refractivity contribution is 5.66. The van der Waals surface area contributed by atoms with Gasteiger partial charge in [-0.2, -0.15) is 0 Å². The number of aliphatic carboxylic acids is 1. The van der Waals surface area contributed by atoms with Gasteiger partial charge in [0.15, 0.2) is 0 Å². The third-order valence-corrected chi connectivity index (χ3v) is 3.76. The van der Waals surface area contributed by atoms with Crippen LogP contribution in [0.3, 0.4) is 0 Å². The zero-order valence-corrected chi connectivity index (χ0v) is 11.2. The number of hydrogen-bond acceptors (Lipinski definition) is 3. The first-order valence-corrected chi connectivity index (χ1v) is 6.82. The number of carboxylic acids is 1. The summed E-state index contributed by atoms with van der Waals surface area (Å²) in [5.41, 5.74) is 0. The lowest BCUT2D eigenvalue weighted by Crippen LogP contribution is -2.39. The summed E-state index contributed by atoms with van der Waals surface area (Å²) in [6.45, 7) is 10.8. The summed E-state index contributed by atoms with van der Waals surface area (Å²) in [5, 5.41) is 8.65. The Labute approximate surface area is 105 Å². The highest BCUT2D eigenvalue weighted by atomic mass is 16.4. The Morgan fingerprint density at radius 3 is 2.35 bits per heavy atom. The minimum absolute atomic E-state index is 0.278. The van der Waals surface area contributed by atoms with E-state index in [1.807, 2.05) is 0 Å². The van der Waals surface area contributed by atoms with E-state index in [2.05, 4.69) is 23.6 Å². The van der Waals surface area contributed by atoms with Crippen molar-refractivity contribution >= 4 is 5.97 Å². The number of rotatable bonds is 7. The first-order valence-electron chi connectivity index (χ1n) is 6.82. The molecule has 1 saturated heterocycles. The van der Waals surface area contributed by atoms with Crippen LogP contribution >= 0.6 is 0 Å². The van der Waals surface area contributed by atoms with Crippen molar-refractivity contribution in [2.45, 2.75) is 33.1 Å². The maximum Gasteiger partial charge on any atom is 0.304 e. The second-order valence-corrected chi connectivity index (χ2v) is 4.91. The van der Waals surface area contributed by atoms with Crippen molar-refractivity contribution in [2.24, 2.45) is 5.92 Å². The number of hydrogen-bond donors (Lipinski definition) is 1. The van der Waals surface area contributed by atoms with Crippen LogP contribution < -0.4 is 0 Å². The molecular formula is C13H26N2O2. The van der Waals surface area contributed by atoms with Gasteiger partial charge in [-0.3, -0.25) is 4.79 Å². The molecule has 4 nitrogen and oxygen atoms in total. The normalized spacial score (nSPS) is 18.8. The summed E-state index contributed by atoms with van der Waals surface area (Å²) in [6, 6.07) is 0. The summed E-state index contributed by atoms with van der Waals surface area (Å²) in [7, 11) is 0. The molecule has 0 bridgehead atoms. The minimum atomic E-state index is -0.685. The molecule has 0 aromatic rings. The van der Waals surface area contributed by atoms with Crippen LogP contribution in [0, 0.1) is 5.92 Å². The van der Waals surface area contributed by atoms with Crippen LogP contribution in [0.25, 0.3) is 0 Å². The predicted octanol–water partition coefficient (Wildman–Crippen LogP) is 1.51. The van der Waals surface area contributed by atoms with E-state index >= 15 is 0 Å². The fourth-order valence-corrected chi connectivity index (χ4v) is 2.49. The highest BCUT2D eigenvalue weighted by Crippen LogP contribution is 2.18. The average Bonchev–Trinajstić information content (AvgIpc) is 2.34. The number of carboxylic acid groups (broad SMARTS) is 1. The lowest BCUT2D eigenvalue weighted by atomic mass is 9.96. The van der Waals surface area contributed by atoms with Gasteiger partial charge >= 0.3 is 5.97 Å². The predicted molar refractivity (Wildman–Crippen MR) is 69.2 cm³/mol. The van der Waals surface area contributed by atoms with E-state index in [0.717, 1.165) is 32.1 Å². The molecule has 100 valence electrons. The average molecular weight is 242 g/mol. The van der Waals surface area contributed by atoms with Gasteiger partial charge in [-0.15, -0.1) is 0 Å². The zero-order valence-electron chi connectivity index (χ0n) is 11.2. The third-order valence-electron chi connectivity index (χ3n) is 3.76. The molecule has 1 aliphatic heterocycles. The fourth-order valence-electron chi connectivity index (χ4n) is 2.49. The van der Waals surface area contributed by atoms with Gasteiger partial charge in [-0.1, -0.05) is 13.8 Å². The van der Waals surface area contributed by atoms with E-state index in [-0.39, 0.29) is 6.42 Å². The molecule has 1 N–H and O–H groups in total. The highest BCUT2D eigenvalue weighted by Gasteiger charge is 2.20. The van der Waals surface area contributed by atoms with Crippen LogP contribution in [0.2, 0.25) is 0 Å². The molecule has 0 aromatic heterocycles. The molecule has 0 unspecified atom stereocenters. The molecule has 1 fully saturated rings. The minimum Gasteiger partial charge on any atom is -0.481 e. The van der Waals surface area contributed by atoms with Gasteiger partial charge in [0.2, 0.25) is 0 Å². The molecule has 1 aliphatic rings. The molecule has 0 radical (unpaired) electrons. The summed E-state index contributed by atoms with van der Waals surface area (Å²) < 4.78 is 0. The fraction of sp³-hybridized carbons (Fsp3) is 0.923. The Bertz CT molecular complexity index is 221. The van der Waals surface area contributed by atoms with Crippen molar-refractivity contribution in [3.8, 4) is 0 Å². The first-order chi connectivity index (χ1) is 8.15. The van der Waals surface area contributed by atoms with E-state index in [9.17, 15) is 4.79 Å². The van der Waals surface area contributed by atoms with Crippen LogP contribution in [-0.2, 0) is 4.79 Å². The van der Waals surface area contributed by atoms with E-state index in [4.69, 9.17) is 5.11 Å². The van der Waals surface area contributed by atoms with Crippen LogP contribution in [0.5, 0.6) is 0 Å². The SMILES string of the molecule is CCN(CC)CC1CCN(CCC(=O)O)CC1. The summed E-state index contributed by atoms with van der Waals surface area (Å²) in [6.07, 6.45) is 2.72. The summed E-state index contributed by atoms with van der Waals surface area (Å²) >= 11 is 0. The lowest BCUT2D eigenvalue weighted by Gasteiger charge is -2.34. The number of piperidine rings is 1. The van der Waals surface area contributed by atoms with Crippen LogP contribution in [-0.4, -0.2) is 60.1 Å². The Balaban J connectivity index is 2.19. The van der Waals surface area contributed by atoms with Crippen LogP contribution in [0.1, 0.15) is 33.1 Å². The van der Waals surface area contributed by atoms with Crippen LogP contribution in [0.4, 0.5) is 0 Å². The van der Waals surface area contributed by atoms with Gasteiger partial charge in [0.1, 0.15) is 0 Å². The summed E-state index contributed by atoms with van der Waals surface area (Å²) in [4.78, 5) is 15.3. The van der Waals surface area contributed by atoms with Crippen molar-refractivity contribution in [1.29, 1.82) is 0 Å². The van der Waals surface area contributed by atoms with Gasteiger partial charge in [-0.05, 0) is 44.9 Å². The largest absolute Gasteiger partial charge is 0.481 e. The molecule has 17 heavy (non-hydrogen) atoms. The van der Waals surface area contributed by atoms with Gasteiger partial charge in [-0.25, -0.2) is 0 Å². The first kappa shape index (κ1) is 14.5. The Morgan fingerprint density at radius 1 is 1.29 bits per heavy atom. The Kier molecular flexibility index (Phi) is 6.52. The zero-order chi connectivity index (χ0) is 12.7. The molecule has 4 heteroatoms. The van der Waals surface area contributed by atoms with Crippen molar-refractivity contribution in [3.05, 3.63) is 0 Å². The third kappa shape index (κ3) is 5.50. The molecule has 1 rings (SSSR count). The molecule has 0 amide bonds. The topological polar surface area (TPSA) is 43.8 Å². The van der Waals surface area contributed by atoms with Crippen molar-refractivity contribution in [2.75, 3.05) is 39.3 Å². The second kappa shape index (κ2) is 7.67. The van der Waals surface area contributed by atoms with Crippen molar-refractivity contribution in [1.82, 2.24) is 9.80 Å². The molecule has 0 saturated carbocycles. The van der Waals surface area contributed by atoms with E-state index in [1.165, 1.54) is 19.4 Å². The van der Waals surface area contributed by atoms with Gasteiger partial charge in [0.05, 0.1) is 6.42 Å². The Hall–Kier alpha value is -0.610. The standard InChI is InChI=1S/C13H26N2O2/c1-3-14(4-2)11-12-5-8-15(9-6-12)10-7-13(16)17/h12H,3-11H2,1-2H3,(H,16,17). The maximum atomic E-state index is 10.5.